The van der Waals surface area contributed by atoms with Gasteiger partial charge in [-0.1, -0.05) is 13.8 Å². The molecule has 1 aromatic heterocycles. The zero-order chi connectivity index (χ0) is 12.7. The van der Waals surface area contributed by atoms with Gasteiger partial charge in [0, 0.05) is 19.3 Å². The lowest BCUT2D eigenvalue weighted by molar-refractivity contribution is 0.0943. The van der Waals surface area contributed by atoms with E-state index < -0.39 is 0 Å². The molecule has 1 rings (SSSR count). The Morgan fingerprint density at radius 1 is 1.29 bits per heavy atom. The number of hydrogen-bond acceptors (Lipinski definition) is 4. The molecule has 0 spiro atoms. The second-order valence-electron chi connectivity index (χ2n) is 3.83. The van der Waals surface area contributed by atoms with Gasteiger partial charge in [-0.15, -0.1) is 0 Å². The number of rotatable bonds is 6. The topological polar surface area (TPSA) is 58.1 Å². The predicted octanol–water partition coefficient (Wildman–Crippen LogP) is 0.857. The summed E-state index contributed by atoms with van der Waals surface area (Å²) in [5, 5.41) is 2.83. The molecule has 0 aliphatic rings. The van der Waals surface area contributed by atoms with E-state index >= 15 is 0 Å². The van der Waals surface area contributed by atoms with Gasteiger partial charge in [0.25, 0.3) is 5.91 Å². The Bertz CT molecular complexity index is 346. The fourth-order valence-electron chi connectivity index (χ4n) is 1.47. The summed E-state index contributed by atoms with van der Waals surface area (Å²) >= 11 is 0. The van der Waals surface area contributed by atoms with Crippen LogP contribution in [0.15, 0.2) is 12.4 Å². The van der Waals surface area contributed by atoms with Crippen molar-refractivity contribution in [1.82, 2.24) is 20.2 Å². The summed E-state index contributed by atoms with van der Waals surface area (Å²) in [6.45, 7) is 9.55. The third kappa shape index (κ3) is 4.48. The van der Waals surface area contributed by atoms with Gasteiger partial charge in [-0.25, -0.2) is 4.98 Å². The molecule has 17 heavy (non-hydrogen) atoms. The number of aryl methyl sites for hydroxylation is 1. The summed E-state index contributed by atoms with van der Waals surface area (Å²) < 4.78 is 0. The Hall–Kier alpha value is -1.49. The number of hydrogen-bond donors (Lipinski definition) is 1. The van der Waals surface area contributed by atoms with Crippen LogP contribution in [0, 0.1) is 6.92 Å². The Balaban J connectivity index is 2.37. The van der Waals surface area contributed by atoms with Crippen LogP contribution >= 0.6 is 0 Å². The van der Waals surface area contributed by atoms with Gasteiger partial charge in [0.2, 0.25) is 0 Å². The van der Waals surface area contributed by atoms with Crippen LogP contribution in [0.5, 0.6) is 0 Å². The first-order valence-corrected chi connectivity index (χ1v) is 5.96. The van der Waals surface area contributed by atoms with Gasteiger partial charge in [-0.2, -0.15) is 0 Å². The SMILES string of the molecule is CCN(CC)CCNC(=O)c1cnc(C)cn1. The highest BCUT2D eigenvalue weighted by atomic mass is 16.1. The number of likely N-dealkylation sites (N-methyl/N-ethyl adjacent to an activating group) is 1. The molecule has 1 N–H and O–H groups in total. The highest BCUT2D eigenvalue weighted by Gasteiger charge is 2.07. The van der Waals surface area contributed by atoms with Gasteiger partial charge in [0.05, 0.1) is 11.9 Å². The molecule has 0 aliphatic heterocycles. The van der Waals surface area contributed by atoms with Gasteiger partial charge < -0.3 is 10.2 Å². The molecule has 1 amide bonds. The minimum absolute atomic E-state index is 0.162. The number of carbonyl (C=O) groups excluding carboxylic acids is 1. The molecule has 1 aromatic rings. The average Bonchev–Trinajstić information content (AvgIpc) is 2.35. The highest BCUT2D eigenvalue weighted by Crippen LogP contribution is 1.93. The monoisotopic (exact) mass is 236 g/mol. The van der Waals surface area contributed by atoms with Crippen LogP contribution in [-0.2, 0) is 0 Å². The molecule has 0 bridgehead atoms. The van der Waals surface area contributed by atoms with E-state index in [0.29, 0.717) is 12.2 Å². The van der Waals surface area contributed by atoms with Crippen molar-refractivity contribution >= 4 is 5.91 Å². The van der Waals surface area contributed by atoms with E-state index in [1.54, 1.807) is 6.20 Å². The van der Waals surface area contributed by atoms with Crippen LogP contribution in [-0.4, -0.2) is 47.0 Å². The van der Waals surface area contributed by atoms with E-state index in [4.69, 9.17) is 0 Å². The molecular weight excluding hydrogens is 216 g/mol. The quantitative estimate of drug-likeness (QED) is 0.795. The van der Waals surface area contributed by atoms with Crippen LogP contribution < -0.4 is 5.32 Å². The van der Waals surface area contributed by atoms with Crippen LogP contribution in [0.1, 0.15) is 30.0 Å². The smallest absolute Gasteiger partial charge is 0.271 e. The lowest BCUT2D eigenvalue weighted by atomic mass is 10.4. The van der Waals surface area contributed by atoms with E-state index in [-0.39, 0.29) is 5.91 Å². The minimum Gasteiger partial charge on any atom is -0.349 e. The zero-order valence-corrected chi connectivity index (χ0v) is 10.7. The van der Waals surface area contributed by atoms with Crippen molar-refractivity contribution in [2.45, 2.75) is 20.8 Å². The van der Waals surface area contributed by atoms with Crippen LogP contribution in [0.2, 0.25) is 0 Å². The summed E-state index contributed by atoms with van der Waals surface area (Å²) in [5.74, 6) is -0.162. The Morgan fingerprint density at radius 3 is 2.53 bits per heavy atom. The van der Waals surface area contributed by atoms with Gasteiger partial charge in [0.1, 0.15) is 5.69 Å². The van der Waals surface area contributed by atoms with E-state index in [2.05, 4.69) is 34.0 Å². The van der Waals surface area contributed by atoms with E-state index in [1.165, 1.54) is 6.20 Å². The molecule has 0 saturated heterocycles. The van der Waals surface area contributed by atoms with Crippen molar-refractivity contribution in [3.63, 3.8) is 0 Å². The van der Waals surface area contributed by atoms with Crippen molar-refractivity contribution in [1.29, 1.82) is 0 Å². The third-order valence-corrected chi connectivity index (χ3v) is 2.62. The number of amides is 1. The third-order valence-electron chi connectivity index (χ3n) is 2.62. The molecule has 0 fully saturated rings. The van der Waals surface area contributed by atoms with Gasteiger partial charge >= 0.3 is 0 Å². The molecule has 0 aliphatic carbocycles. The van der Waals surface area contributed by atoms with Crippen molar-refractivity contribution < 1.29 is 4.79 Å². The van der Waals surface area contributed by atoms with Crippen LogP contribution in [0.25, 0.3) is 0 Å². The lowest BCUT2D eigenvalue weighted by Crippen LogP contribution is -2.35. The maximum Gasteiger partial charge on any atom is 0.271 e. The lowest BCUT2D eigenvalue weighted by Gasteiger charge is -2.17. The first-order chi connectivity index (χ1) is 8.17. The number of carbonyl (C=O) groups is 1. The Kier molecular flexibility index (Phi) is 5.56. The van der Waals surface area contributed by atoms with Gasteiger partial charge in [-0.05, 0) is 20.0 Å². The fraction of sp³-hybridized carbons (Fsp3) is 0.583. The molecule has 0 radical (unpaired) electrons. The second-order valence-corrected chi connectivity index (χ2v) is 3.83. The first kappa shape index (κ1) is 13.6. The van der Waals surface area contributed by atoms with Gasteiger partial charge in [0.15, 0.2) is 0 Å². The maximum atomic E-state index is 11.7. The normalized spacial score (nSPS) is 10.6. The summed E-state index contributed by atoms with van der Waals surface area (Å²) in [6, 6.07) is 0. The van der Waals surface area contributed by atoms with Crippen LogP contribution in [0.3, 0.4) is 0 Å². The zero-order valence-electron chi connectivity index (χ0n) is 10.7. The van der Waals surface area contributed by atoms with Crippen molar-refractivity contribution in [2.24, 2.45) is 0 Å². The first-order valence-electron chi connectivity index (χ1n) is 5.96. The fourth-order valence-corrected chi connectivity index (χ4v) is 1.47. The van der Waals surface area contributed by atoms with Crippen molar-refractivity contribution in [2.75, 3.05) is 26.2 Å². The van der Waals surface area contributed by atoms with Gasteiger partial charge in [-0.3, -0.25) is 9.78 Å². The summed E-state index contributed by atoms with van der Waals surface area (Å²) in [7, 11) is 0. The molecule has 5 nitrogen and oxygen atoms in total. The largest absolute Gasteiger partial charge is 0.349 e. The minimum atomic E-state index is -0.162. The maximum absolute atomic E-state index is 11.7. The molecular formula is C12H20N4O. The van der Waals surface area contributed by atoms with Crippen molar-refractivity contribution in [3.8, 4) is 0 Å². The summed E-state index contributed by atoms with van der Waals surface area (Å²) in [4.78, 5) is 22.0. The molecule has 0 saturated carbocycles. The molecule has 1 heterocycles. The molecule has 5 heteroatoms. The van der Waals surface area contributed by atoms with E-state index in [9.17, 15) is 4.79 Å². The van der Waals surface area contributed by atoms with E-state index in [0.717, 1.165) is 25.3 Å². The Labute approximate surface area is 102 Å². The second kappa shape index (κ2) is 6.96. The average molecular weight is 236 g/mol. The van der Waals surface area contributed by atoms with Crippen LogP contribution in [0.4, 0.5) is 0 Å². The molecule has 0 atom stereocenters. The molecule has 94 valence electrons. The standard InChI is InChI=1S/C12H20N4O/c1-4-16(5-2)7-6-13-12(17)11-9-14-10(3)8-15-11/h8-9H,4-7H2,1-3H3,(H,13,17). The number of nitrogens with zero attached hydrogens (tertiary/aromatic N) is 3. The summed E-state index contributed by atoms with van der Waals surface area (Å²) in [6.07, 6.45) is 3.10. The predicted molar refractivity (Wildman–Crippen MR) is 66.9 cm³/mol. The van der Waals surface area contributed by atoms with Crippen molar-refractivity contribution in [3.05, 3.63) is 23.8 Å². The molecule has 0 unspecified atom stereocenters. The van der Waals surface area contributed by atoms with E-state index in [1.807, 2.05) is 6.92 Å². The highest BCUT2D eigenvalue weighted by molar-refractivity contribution is 5.91. The number of nitrogens with one attached hydrogen (secondary N) is 1. The Morgan fingerprint density at radius 2 is 2.00 bits per heavy atom. The summed E-state index contributed by atoms with van der Waals surface area (Å²) in [5.41, 5.74) is 1.18. The number of aromatic nitrogens is 2. The molecule has 0 aromatic carbocycles.